The molecule has 3 N–H and O–H groups in total. The van der Waals surface area contributed by atoms with Crippen LogP contribution < -0.4 is 10.5 Å². The second kappa shape index (κ2) is 5.32. The molecule has 19 heavy (non-hydrogen) atoms. The molecule has 0 atom stereocenters. The van der Waals surface area contributed by atoms with Crippen molar-refractivity contribution < 1.29 is 8.42 Å². The molecule has 0 bridgehead atoms. The Hall–Kier alpha value is -1.38. The van der Waals surface area contributed by atoms with Gasteiger partial charge in [0, 0.05) is 16.4 Å². The van der Waals surface area contributed by atoms with Crippen LogP contribution in [0.4, 0.5) is 11.6 Å². The molecule has 0 radical (unpaired) electrons. The smallest absolute Gasteiger partial charge is 0.265 e. The third-order valence-corrected chi connectivity index (χ3v) is 4.62. The lowest BCUT2D eigenvalue weighted by molar-refractivity contribution is 0.600. The fourth-order valence-corrected chi connectivity index (χ4v) is 3.37. The molecule has 0 unspecified atom stereocenters. The van der Waals surface area contributed by atoms with Crippen LogP contribution in [0.25, 0.3) is 0 Å². The Balaban J connectivity index is 2.40. The number of hydrogen-bond acceptors (Lipinski definition) is 5. The normalized spacial score (nSPS) is 11.3. The van der Waals surface area contributed by atoms with Crippen molar-refractivity contribution in [1.29, 1.82) is 0 Å². The van der Waals surface area contributed by atoms with Crippen LogP contribution in [0, 0.1) is 0 Å². The van der Waals surface area contributed by atoms with Crippen LogP contribution in [0.3, 0.4) is 0 Å². The van der Waals surface area contributed by atoms with Gasteiger partial charge in [-0.25, -0.2) is 23.1 Å². The Bertz CT molecular complexity index is 723. The maximum Gasteiger partial charge on any atom is 0.265 e. The zero-order chi connectivity index (χ0) is 14.0. The number of sulfonamides is 1. The average Bonchev–Trinajstić information content (AvgIpc) is 2.31. The van der Waals surface area contributed by atoms with Crippen molar-refractivity contribution in [3.63, 3.8) is 0 Å². The van der Waals surface area contributed by atoms with E-state index in [4.69, 9.17) is 17.3 Å². The summed E-state index contributed by atoms with van der Waals surface area (Å²) in [6.07, 6.45) is 1.35. The number of anilines is 2. The van der Waals surface area contributed by atoms with Crippen molar-refractivity contribution in [3.8, 4) is 0 Å². The molecule has 0 saturated heterocycles. The number of benzene rings is 1. The topological polar surface area (TPSA) is 98.0 Å². The molecule has 6 nitrogen and oxygen atoms in total. The Labute approximate surface area is 123 Å². The summed E-state index contributed by atoms with van der Waals surface area (Å²) in [4.78, 5) is 7.52. The summed E-state index contributed by atoms with van der Waals surface area (Å²) in [6, 6.07) is 5.90. The van der Waals surface area contributed by atoms with Crippen LogP contribution in [-0.2, 0) is 10.0 Å². The molecule has 0 spiro atoms. The molecule has 0 fully saturated rings. The molecule has 9 heteroatoms. The number of nitrogens with zero attached hydrogens (tertiary/aromatic N) is 2. The summed E-state index contributed by atoms with van der Waals surface area (Å²) >= 11 is 8.81. The molecule has 0 aliphatic carbocycles. The van der Waals surface area contributed by atoms with Gasteiger partial charge in [0.15, 0.2) is 0 Å². The van der Waals surface area contributed by atoms with E-state index < -0.39 is 10.0 Å². The first-order valence-electron chi connectivity index (χ1n) is 4.95. The molecular formula is C10H8BrClN4O2S. The molecule has 100 valence electrons. The van der Waals surface area contributed by atoms with Crippen molar-refractivity contribution in [2.24, 2.45) is 0 Å². The number of nitrogens with one attached hydrogen (secondary N) is 1. The Morgan fingerprint density at radius 3 is 2.74 bits per heavy atom. The number of rotatable bonds is 3. The van der Waals surface area contributed by atoms with Gasteiger partial charge in [0.1, 0.15) is 10.0 Å². The summed E-state index contributed by atoms with van der Waals surface area (Å²) in [6.45, 7) is 0. The molecule has 0 amide bonds. The fourth-order valence-electron chi connectivity index (χ4n) is 1.29. The third-order valence-electron chi connectivity index (χ3n) is 2.09. The van der Waals surface area contributed by atoms with Crippen molar-refractivity contribution in [1.82, 2.24) is 9.97 Å². The predicted molar refractivity (Wildman–Crippen MR) is 76.4 cm³/mol. The van der Waals surface area contributed by atoms with E-state index in [0.29, 0.717) is 10.2 Å². The van der Waals surface area contributed by atoms with E-state index in [1.165, 1.54) is 18.3 Å². The fraction of sp³-hybridized carbons (Fsp3) is 0. The summed E-state index contributed by atoms with van der Waals surface area (Å²) in [7, 11) is -3.84. The minimum atomic E-state index is -3.84. The number of halogens is 2. The average molecular weight is 364 g/mol. The second-order valence-corrected chi connectivity index (χ2v) is 6.39. The first-order valence-corrected chi connectivity index (χ1v) is 7.60. The van der Waals surface area contributed by atoms with Gasteiger partial charge >= 0.3 is 0 Å². The Morgan fingerprint density at radius 2 is 2.05 bits per heavy atom. The van der Waals surface area contributed by atoms with E-state index in [2.05, 4.69) is 30.6 Å². The lowest BCUT2D eigenvalue weighted by Gasteiger charge is -2.08. The molecular weight excluding hydrogens is 356 g/mol. The van der Waals surface area contributed by atoms with Gasteiger partial charge in [-0.05, 0) is 40.2 Å². The van der Waals surface area contributed by atoms with Crippen LogP contribution in [0.1, 0.15) is 0 Å². The zero-order valence-corrected chi connectivity index (χ0v) is 12.5. The minimum absolute atomic E-state index is 0.00363. The van der Waals surface area contributed by atoms with Crippen LogP contribution >= 0.6 is 27.5 Å². The number of aromatic nitrogens is 2. The van der Waals surface area contributed by atoms with Crippen LogP contribution in [0.2, 0.25) is 5.15 Å². The van der Waals surface area contributed by atoms with Crippen LogP contribution in [-0.4, -0.2) is 18.4 Å². The quantitative estimate of drug-likeness (QED) is 0.644. The van der Waals surface area contributed by atoms with E-state index in [0.717, 1.165) is 0 Å². The highest BCUT2D eigenvalue weighted by Gasteiger charge is 2.19. The molecule has 0 aliphatic rings. The maximum absolute atomic E-state index is 12.2. The minimum Gasteiger partial charge on any atom is -0.399 e. The van der Waals surface area contributed by atoms with E-state index in [9.17, 15) is 8.42 Å². The predicted octanol–water partition coefficient (Wildman–Crippen LogP) is 2.28. The SMILES string of the molecule is Nc1ccc(Br)c(S(=O)(=O)Nc2nccc(Cl)n2)c1. The molecule has 0 aliphatic heterocycles. The highest BCUT2D eigenvalue weighted by atomic mass is 79.9. The monoisotopic (exact) mass is 362 g/mol. The van der Waals surface area contributed by atoms with E-state index >= 15 is 0 Å². The second-order valence-electron chi connectivity index (χ2n) is 3.50. The maximum atomic E-state index is 12.2. The van der Waals surface area contributed by atoms with Gasteiger partial charge in [-0.3, -0.25) is 0 Å². The van der Waals surface area contributed by atoms with Crippen molar-refractivity contribution in [2.75, 3.05) is 10.5 Å². The van der Waals surface area contributed by atoms with Crippen molar-refractivity contribution in [3.05, 3.63) is 40.1 Å². The van der Waals surface area contributed by atoms with Gasteiger partial charge in [-0.2, -0.15) is 0 Å². The van der Waals surface area contributed by atoms with E-state index in [-0.39, 0.29) is 16.0 Å². The van der Waals surface area contributed by atoms with Gasteiger partial charge in [0.05, 0.1) is 0 Å². The standard InChI is InChI=1S/C10H8BrClN4O2S/c11-7-2-1-6(13)5-8(7)19(17,18)16-10-14-4-3-9(12)15-10/h1-5H,13H2,(H,14,15,16). The van der Waals surface area contributed by atoms with E-state index in [1.54, 1.807) is 12.1 Å². The lowest BCUT2D eigenvalue weighted by atomic mass is 10.3. The summed E-state index contributed by atoms with van der Waals surface area (Å²) in [5.41, 5.74) is 5.91. The lowest BCUT2D eigenvalue weighted by Crippen LogP contribution is -2.15. The van der Waals surface area contributed by atoms with Gasteiger partial charge in [0.25, 0.3) is 10.0 Å². The van der Waals surface area contributed by atoms with Crippen LogP contribution in [0.15, 0.2) is 39.8 Å². The molecule has 1 aromatic heterocycles. The van der Waals surface area contributed by atoms with Crippen molar-refractivity contribution in [2.45, 2.75) is 4.90 Å². The molecule has 1 heterocycles. The number of nitrogen functional groups attached to an aromatic ring is 1. The first kappa shape index (κ1) is 14.0. The van der Waals surface area contributed by atoms with Gasteiger partial charge in [0.2, 0.25) is 5.95 Å². The summed E-state index contributed by atoms with van der Waals surface area (Å²) < 4.78 is 26.9. The Morgan fingerprint density at radius 1 is 1.32 bits per heavy atom. The Kier molecular flexibility index (Phi) is 3.93. The molecule has 2 aromatic rings. The highest BCUT2D eigenvalue weighted by Crippen LogP contribution is 2.25. The van der Waals surface area contributed by atoms with Gasteiger partial charge in [-0.15, -0.1) is 0 Å². The zero-order valence-electron chi connectivity index (χ0n) is 9.34. The third kappa shape index (κ3) is 3.34. The van der Waals surface area contributed by atoms with Crippen LogP contribution in [0.5, 0.6) is 0 Å². The van der Waals surface area contributed by atoms with Gasteiger partial charge in [-0.1, -0.05) is 11.6 Å². The molecule has 2 rings (SSSR count). The van der Waals surface area contributed by atoms with E-state index in [1.807, 2.05) is 0 Å². The largest absolute Gasteiger partial charge is 0.399 e. The molecule has 0 saturated carbocycles. The molecule has 1 aromatic carbocycles. The van der Waals surface area contributed by atoms with Crippen molar-refractivity contribution >= 4 is 49.2 Å². The number of hydrogen-bond donors (Lipinski definition) is 2. The summed E-state index contributed by atoms with van der Waals surface area (Å²) in [5.74, 6) is -0.109. The number of nitrogens with two attached hydrogens (primary N) is 1. The highest BCUT2D eigenvalue weighted by molar-refractivity contribution is 9.10. The first-order chi connectivity index (χ1) is 8.88. The summed E-state index contributed by atoms with van der Waals surface area (Å²) in [5, 5.41) is 0.138. The van der Waals surface area contributed by atoms with Gasteiger partial charge < -0.3 is 5.73 Å².